The molecule has 0 aliphatic carbocycles. The molecule has 0 spiro atoms. The summed E-state index contributed by atoms with van der Waals surface area (Å²) in [5.74, 6) is 0.429. The lowest BCUT2D eigenvalue weighted by Gasteiger charge is -2.28. The smallest absolute Gasteiger partial charge is 0.331 e. The number of pyridine rings is 1. The van der Waals surface area contributed by atoms with Crippen molar-refractivity contribution in [1.29, 1.82) is 0 Å². The maximum absolute atomic E-state index is 11.8. The highest BCUT2D eigenvalue weighted by Gasteiger charge is 2.33. The van der Waals surface area contributed by atoms with Crippen molar-refractivity contribution in [2.24, 2.45) is 0 Å². The number of esters is 1. The van der Waals surface area contributed by atoms with E-state index in [2.05, 4.69) is 10.3 Å². The molecule has 94 valence electrons. The van der Waals surface area contributed by atoms with Crippen LogP contribution >= 0.6 is 0 Å². The minimum absolute atomic E-state index is 0.262. The van der Waals surface area contributed by atoms with Gasteiger partial charge in [-0.05, 0) is 31.9 Å². The summed E-state index contributed by atoms with van der Waals surface area (Å²) in [5, 5.41) is 3.15. The molecule has 1 aromatic rings. The van der Waals surface area contributed by atoms with Gasteiger partial charge in [-0.15, -0.1) is 0 Å². The third-order valence-electron chi connectivity index (χ3n) is 2.70. The van der Waals surface area contributed by atoms with Crippen molar-refractivity contribution in [3.05, 3.63) is 23.9 Å². The molecule has 4 heteroatoms. The minimum atomic E-state index is -0.717. The number of hydrogen-bond donors (Lipinski definition) is 1. The van der Waals surface area contributed by atoms with E-state index in [1.165, 1.54) is 7.11 Å². The standard InChI is InChI=1S/C13H20N2O2/c1-5-8-13(3,12(16)17-4)15-11-7-6-10(2)9-14-11/h6-7,9H,5,8H2,1-4H3,(H,14,15). The fourth-order valence-corrected chi connectivity index (χ4v) is 1.77. The number of anilines is 1. The van der Waals surface area contributed by atoms with E-state index in [0.717, 1.165) is 12.0 Å². The Morgan fingerprint density at radius 2 is 2.24 bits per heavy atom. The van der Waals surface area contributed by atoms with Gasteiger partial charge >= 0.3 is 5.97 Å². The second-order valence-electron chi connectivity index (χ2n) is 4.42. The molecule has 0 saturated heterocycles. The number of rotatable bonds is 5. The summed E-state index contributed by atoms with van der Waals surface area (Å²) in [7, 11) is 1.40. The van der Waals surface area contributed by atoms with Crippen LogP contribution in [-0.4, -0.2) is 23.6 Å². The molecule has 0 saturated carbocycles. The highest BCUT2D eigenvalue weighted by Crippen LogP contribution is 2.20. The Balaban J connectivity index is 2.86. The lowest BCUT2D eigenvalue weighted by Crippen LogP contribution is -2.44. The molecule has 1 aromatic heterocycles. The van der Waals surface area contributed by atoms with Gasteiger partial charge in [0.1, 0.15) is 11.4 Å². The van der Waals surface area contributed by atoms with E-state index in [1.807, 2.05) is 32.9 Å². The van der Waals surface area contributed by atoms with Crippen LogP contribution in [0.2, 0.25) is 0 Å². The van der Waals surface area contributed by atoms with Gasteiger partial charge in [0.2, 0.25) is 0 Å². The predicted octanol–water partition coefficient (Wildman–Crippen LogP) is 2.53. The van der Waals surface area contributed by atoms with Gasteiger partial charge in [-0.3, -0.25) is 0 Å². The Kier molecular flexibility index (Phi) is 4.49. The van der Waals surface area contributed by atoms with E-state index in [1.54, 1.807) is 6.20 Å². The van der Waals surface area contributed by atoms with Crippen molar-refractivity contribution in [3.8, 4) is 0 Å². The first-order chi connectivity index (χ1) is 8.01. The first-order valence-electron chi connectivity index (χ1n) is 5.81. The van der Waals surface area contributed by atoms with Crippen LogP contribution < -0.4 is 5.32 Å². The fourth-order valence-electron chi connectivity index (χ4n) is 1.77. The van der Waals surface area contributed by atoms with Gasteiger partial charge in [0.05, 0.1) is 7.11 Å². The lowest BCUT2D eigenvalue weighted by atomic mass is 9.96. The fraction of sp³-hybridized carbons (Fsp3) is 0.538. The van der Waals surface area contributed by atoms with Crippen LogP contribution in [0.15, 0.2) is 18.3 Å². The average Bonchev–Trinajstić information content (AvgIpc) is 2.31. The molecular formula is C13H20N2O2. The summed E-state index contributed by atoms with van der Waals surface area (Å²) in [4.78, 5) is 16.0. The molecule has 1 heterocycles. The van der Waals surface area contributed by atoms with Gasteiger partial charge in [-0.25, -0.2) is 9.78 Å². The van der Waals surface area contributed by atoms with Gasteiger partial charge in [0.25, 0.3) is 0 Å². The van der Waals surface area contributed by atoms with Gasteiger partial charge in [0.15, 0.2) is 0 Å². The zero-order chi connectivity index (χ0) is 12.9. The number of hydrogen-bond acceptors (Lipinski definition) is 4. The number of aryl methyl sites for hydroxylation is 1. The maximum atomic E-state index is 11.8. The molecule has 1 rings (SSSR count). The molecule has 0 amide bonds. The molecule has 4 nitrogen and oxygen atoms in total. The van der Waals surface area contributed by atoms with Crippen LogP contribution in [0.3, 0.4) is 0 Å². The summed E-state index contributed by atoms with van der Waals surface area (Å²) in [5.41, 5.74) is 0.372. The van der Waals surface area contributed by atoms with Crippen LogP contribution in [0, 0.1) is 6.92 Å². The zero-order valence-electron chi connectivity index (χ0n) is 10.9. The number of nitrogens with one attached hydrogen (secondary N) is 1. The summed E-state index contributed by atoms with van der Waals surface area (Å²) < 4.78 is 4.83. The van der Waals surface area contributed by atoms with Crippen LogP contribution in [-0.2, 0) is 9.53 Å². The molecule has 0 fully saturated rings. The molecule has 1 unspecified atom stereocenters. The van der Waals surface area contributed by atoms with E-state index in [4.69, 9.17) is 4.74 Å². The van der Waals surface area contributed by atoms with Crippen molar-refractivity contribution in [3.63, 3.8) is 0 Å². The molecule has 0 aliphatic rings. The van der Waals surface area contributed by atoms with Gasteiger partial charge in [0, 0.05) is 6.20 Å². The van der Waals surface area contributed by atoms with Gasteiger partial charge < -0.3 is 10.1 Å². The van der Waals surface area contributed by atoms with Crippen molar-refractivity contribution >= 4 is 11.8 Å². The Hall–Kier alpha value is -1.58. The predicted molar refractivity (Wildman–Crippen MR) is 67.9 cm³/mol. The average molecular weight is 236 g/mol. The Morgan fingerprint density at radius 1 is 1.53 bits per heavy atom. The molecule has 0 bridgehead atoms. The van der Waals surface area contributed by atoms with Crippen molar-refractivity contribution in [1.82, 2.24) is 4.98 Å². The van der Waals surface area contributed by atoms with Crippen LogP contribution in [0.25, 0.3) is 0 Å². The SMILES string of the molecule is CCCC(C)(Nc1ccc(C)cn1)C(=O)OC. The van der Waals surface area contributed by atoms with E-state index >= 15 is 0 Å². The van der Waals surface area contributed by atoms with Crippen molar-refractivity contribution in [2.75, 3.05) is 12.4 Å². The van der Waals surface area contributed by atoms with Gasteiger partial charge in [-0.2, -0.15) is 0 Å². The van der Waals surface area contributed by atoms with Crippen LogP contribution in [0.5, 0.6) is 0 Å². The topological polar surface area (TPSA) is 51.2 Å². The summed E-state index contributed by atoms with van der Waals surface area (Å²) in [6.45, 7) is 5.84. The molecule has 0 radical (unpaired) electrons. The third-order valence-corrected chi connectivity index (χ3v) is 2.70. The number of carbonyl (C=O) groups is 1. The van der Waals surface area contributed by atoms with E-state index in [-0.39, 0.29) is 5.97 Å². The maximum Gasteiger partial charge on any atom is 0.331 e. The highest BCUT2D eigenvalue weighted by molar-refractivity contribution is 5.83. The summed E-state index contributed by atoms with van der Waals surface area (Å²) >= 11 is 0. The zero-order valence-corrected chi connectivity index (χ0v) is 10.9. The van der Waals surface area contributed by atoms with E-state index in [9.17, 15) is 4.79 Å². The Labute approximate surface area is 102 Å². The van der Waals surface area contributed by atoms with E-state index < -0.39 is 5.54 Å². The molecule has 1 atom stereocenters. The molecule has 17 heavy (non-hydrogen) atoms. The highest BCUT2D eigenvalue weighted by atomic mass is 16.5. The van der Waals surface area contributed by atoms with Crippen molar-refractivity contribution < 1.29 is 9.53 Å². The largest absolute Gasteiger partial charge is 0.467 e. The minimum Gasteiger partial charge on any atom is -0.467 e. The number of nitrogens with zero attached hydrogens (tertiary/aromatic N) is 1. The first kappa shape index (κ1) is 13.5. The Morgan fingerprint density at radius 3 is 2.71 bits per heavy atom. The van der Waals surface area contributed by atoms with Crippen LogP contribution in [0.4, 0.5) is 5.82 Å². The molecule has 1 N–H and O–H groups in total. The number of carbonyl (C=O) groups excluding carboxylic acids is 1. The lowest BCUT2D eigenvalue weighted by molar-refractivity contribution is -0.145. The normalized spacial score (nSPS) is 13.9. The summed E-state index contributed by atoms with van der Waals surface area (Å²) in [6.07, 6.45) is 3.37. The molecule has 0 aromatic carbocycles. The molecular weight excluding hydrogens is 216 g/mol. The second-order valence-corrected chi connectivity index (χ2v) is 4.42. The third kappa shape index (κ3) is 3.44. The number of ether oxygens (including phenoxy) is 1. The summed E-state index contributed by atoms with van der Waals surface area (Å²) in [6, 6.07) is 3.82. The number of methoxy groups -OCH3 is 1. The van der Waals surface area contributed by atoms with E-state index in [0.29, 0.717) is 12.2 Å². The van der Waals surface area contributed by atoms with Crippen LogP contribution in [0.1, 0.15) is 32.3 Å². The van der Waals surface area contributed by atoms with Crippen molar-refractivity contribution in [2.45, 2.75) is 39.2 Å². The number of aromatic nitrogens is 1. The first-order valence-corrected chi connectivity index (χ1v) is 5.81. The molecule has 0 aliphatic heterocycles. The Bertz CT molecular complexity index is 376. The monoisotopic (exact) mass is 236 g/mol. The van der Waals surface area contributed by atoms with Gasteiger partial charge in [-0.1, -0.05) is 19.4 Å². The second kappa shape index (κ2) is 5.66. The quantitative estimate of drug-likeness (QED) is 0.798.